The van der Waals surface area contributed by atoms with E-state index in [-0.39, 0.29) is 17.4 Å². The van der Waals surface area contributed by atoms with Crippen LogP contribution in [0.4, 0.5) is 0 Å². The maximum absolute atomic E-state index is 12.4. The van der Waals surface area contributed by atoms with E-state index < -0.39 is 22.0 Å². The van der Waals surface area contributed by atoms with Gasteiger partial charge in [-0.2, -0.15) is 9.71 Å². The van der Waals surface area contributed by atoms with E-state index in [4.69, 9.17) is 18.7 Å². The Morgan fingerprint density at radius 3 is 2.48 bits per heavy atom. The van der Waals surface area contributed by atoms with Gasteiger partial charge in [-0.15, -0.1) is 0 Å². The van der Waals surface area contributed by atoms with Gasteiger partial charge in [0.25, 0.3) is 5.89 Å². The zero-order valence-corrected chi connectivity index (χ0v) is 17.9. The van der Waals surface area contributed by atoms with Gasteiger partial charge in [-0.3, -0.25) is 4.79 Å². The summed E-state index contributed by atoms with van der Waals surface area (Å²) in [6.45, 7) is 1.07. The first-order valence-electron chi connectivity index (χ1n) is 9.12. The molecular formula is C20H21N3O7S. The molecule has 0 amide bonds. The molecule has 2 aromatic carbocycles. The van der Waals surface area contributed by atoms with Gasteiger partial charge in [-0.05, 0) is 43.3 Å². The van der Waals surface area contributed by atoms with Gasteiger partial charge < -0.3 is 18.7 Å². The molecule has 1 heterocycles. The fourth-order valence-corrected chi connectivity index (χ4v) is 3.75. The number of carbonyl (C=O) groups is 1. The molecular weight excluding hydrogens is 426 g/mol. The number of aromatic nitrogens is 2. The minimum Gasteiger partial charge on any atom is -0.497 e. The van der Waals surface area contributed by atoms with Crippen molar-refractivity contribution >= 4 is 16.0 Å². The zero-order valence-electron chi connectivity index (χ0n) is 17.1. The number of esters is 1. The predicted molar refractivity (Wildman–Crippen MR) is 109 cm³/mol. The summed E-state index contributed by atoms with van der Waals surface area (Å²) in [5.74, 6) is 0.723. The van der Waals surface area contributed by atoms with Gasteiger partial charge in [0.05, 0.1) is 19.1 Å². The van der Waals surface area contributed by atoms with Crippen molar-refractivity contribution in [2.45, 2.75) is 24.5 Å². The molecule has 0 bridgehead atoms. The van der Waals surface area contributed by atoms with Crippen LogP contribution in [0.1, 0.15) is 12.8 Å². The summed E-state index contributed by atoms with van der Waals surface area (Å²) < 4.78 is 47.4. The first kappa shape index (κ1) is 22.2. The number of benzene rings is 2. The monoisotopic (exact) mass is 447 g/mol. The molecule has 0 spiro atoms. The van der Waals surface area contributed by atoms with Crippen molar-refractivity contribution in [3.05, 3.63) is 54.4 Å². The molecule has 0 aliphatic heterocycles. The van der Waals surface area contributed by atoms with Crippen molar-refractivity contribution in [1.82, 2.24) is 14.9 Å². The SMILES string of the molecule is COc1ccc(S(=O)(=O)N[C@@H](C)C(=O)OCc2nc(-c3cccc(OC)c3)no2)cc1. The van der Waals surface area contributed by atoms with E-state index in [0.717, 1.165) is 0 Å². The van der Waals surface area contributed by atoms with Crippen LogP contribution in [-0.4, -0.2) is 44.8 Å². The summed E-state index contributed by atoms with van der Waals surface area (Å²) in [5.41, 5.74) is 0.668. The standard InChI is InChI=1S/C20H21N3O7S/c1-13(23-31(25,26)17-9-7-15(27-2)8-10-17)20(24)29-12-18-21-19(22-30-18)14-5-4-6-16(11-14)28-3/h4-11,13,23H,12H2,1-3H3/t13-/m0/s1. The Morgan fingerprint density at radius 1 is 1.10 bits per heavy atom. The average Bonchev–Trinajstić information content (AvgIpc) is 3.26. The second kappa shape index (κ2) is 9.58. The summed E-state index contributed by atoms with van der Waals surface area (Å²) in [6.07, 6.45) is 0. The van der Waals surface area contributed by atoms with Crippen molar-refractivity contribution in [3.8, 4) is 22.9 Å². The highest BCUT2D eigenvalue weighted by Gasteiger charge is 2.24. The lowest BCUT2D eigenvalue weighted by atomic mass is 10.2. The van der Waals surface area contributed by atoms with Gasteiger partial charge in [0, 0.05) is 5.56 Å². The van der Waals surface area contributed by atoms with Crippen LogP contribution in [0.25, 0.3) is 11.4 Å². The molecule has 1 aromatic heterocycles. The van der Waals surface area contributed by atoms with Crippen LogP contribution in [0.5, 0.6) is 11.5 Å². The molecule has 0 radical (unpaired) electrons. The molecule has 11 heteroatoms. The number of methoxy groups -OCH3 is 2. The summed E-state index contributed by atoms with van der Waals surface area (Å²) in [6, 6.07) is 11.7. The number of sulfonamides is 1. The first-order valence-corrected chi connectivity index (χ1v) is 10.6. The fraction of sp³-hybridized carbons (Fsp3) is 0.250. The van der Waals surface area contributed by atoms with E-state index in [9.17, 15) is 13.2 Å². The van der Waals surface area contributed by atoms with Gasteiger partial charge in [0.1, 0.15) is 17.5 Å². The van der Waals surface area contributed by atoms with E-state index >= 15 is 0 Å². The topological polar surface area (TPSA) is 130 Å². The van der Waals surface area contributed by atoms with Crippen LogP contribution >= 0.6 is 0 Å². The number of nitrogens with zero attached hydrogens (tertiary/aromatic N) is 2. The molecule has 0 saturated carbocycles. The molecule has 0 saturated heterocycles. The van der Waals surface area contributed by atoms with Gasteiger partial charge in [-0.25, -0.2) is 8.42 Å². The highest BCUT2D eigenvalue weighted by atomic mass is 32.2. The van der Waals surface area contributed by atoms with Crippen molar-refractivity contribution in [2.75, 3.05) is 14.2 Å². The highest BCUT2D eigenvalue weighted by Crippen LogP contribution is 2.21. The van der Waals surface area contributed by atoms with Crippen LogP contribution in [0.3, 0.4) is 0 Å². The van der Waals surface area contributed by atoms with Gasteiger partial charge in [0.15, 0.2) is 6.61 Å². The smallest absolute Gasteiger partial charge is 0.324 e. The van der Waals surface area contributed by atoms with Crippen molar-refractivity contribution in [2.24, 2.45) is 0 Å². The van der Waals surface area contributed by atoms with Gasteiger partial charge in [0.2, 0.25) is 15.8 Å². The third kappa shape index (κ3) is 5.58. The molecule has 3 rings (SSSR count). The Kier molecular flexibility index (Phi) is 6.88. The number of hydrogen-bond donors (Lipinski definition) is 1. The first-order chi connectivity index (χ1) is 14.8. The van der Waals surface area contributed by atoms with E-state index in [1.54, 1.807) is 31.4 Å². The lowest BCUT2D eigenvalue weighted by molar-refractivity contribution is -0.147. The average molecular weight is 447 g/mol. The zero-order chi connectivity index (χ0) is 22.4. The lowest BCUT2D eigenvalue weighted by Gasteiger charge is -2.13. The molecule has 3 aromatic rings. The fourth-order valence-electron chi connectivity index (χ4n) is 2.55. The molecule has 0 unspecified atom stereocenters. The van der Waals surface area contributed by atoms with E-state index in [1.165, 1.54) is 38.3 Å². The summed E-state index contributed by atoms with van der Waals surface area (Å²) in [7, 11) is -0.900. The molecule has 164 valence electrons. The largest absolute Gasteiger partial charge is 0.497 e. The second-order valence-corrected chi connectivity index (χ2v) is 8.08. The van der Waals surface area contributed by atoms with Crippen molar-refractivity contribution in [3.63, 3.8) is 0 Å². The predicted octanol–water partition coefficient (Wildman–Crippen LogP) is 2.16. The lowest BCUT2D eigenvalue weighted by Crippen LogP contribution is -2.39. The number of rotatable bonds is 9. The molecule has 1 atom stereocenters. The van der Waals surface area contributed by atoms with Gasteiger partial charge in [-0.1, -0.05) is 17.3 Å². The third-order valence-electron chi connectivity index (χ3n) is 4.19. The van der Waals surface area contributed by atoms with Crippen LogP contribution < -0.4 is 14.2 Å². The Hall–Kier alpha value is -3.44. The molecule has 10 nitrogen and oxygen atoms in total. The maximum Gasteiger partial charge on any atom is 0.324 e. The minimum absolute atomic E-state index is 0.00668. The molecule has 0 aliphatic rings. The maximum atomic E-state index is 12.4. The number of nitrogens with one attached hydrogen (secondary N) is 1. The number of hydrogen-bond acceptors (Lipinski definition) is 9. The Labute approximate surface area is 179 Å². The van der Waals surface area contributed by atoms with Crippen LogP contribution in [-0.2, 0) is 26.2 Å². The summed E-state index contributed by atoms with van der Waals surface area (Å²) in [4.78, 5) is 16.4. The number of carbonyl (C=O) groups excluding carboxylic acids is 1. The number of ether oxygens (including phenoxy) is 3. The quantitative estimate of drug-likeness (QED) is 0.490. The molecule has 31 heavy (non-hydrogen) atoms. The highest BCUT2D eigenvalue weighted by molar-refractivity contribution is 7.89. The summed E-state index contributed by atoms with van der Waals surface area (Å²) >= 11 is 0. The van der Waals surface area contributed by atoms with Crippen molar-refractivity contribution < 1.29 is 31.9 Å². The van der Waals surface area contributed by atoms with Crippen molar-refractivity contribution in [1.29, 1.82) is 0 Å². The van der Waals surface area contributed by atoms with Crippen LogP contribution in [0.2, 0.25) is 0 Å². The minimum atomic E-state index is -3.92. The molecule has 0 aliphatic carbocycles. The van der Waals surface area contributed by atoms with E-state index in [1.807, 2.05) is 0 Å². The Balaban J connectivity index is 1.58. The Bertz CT molecular complexity index is 1140. The Morgan fingerprint density at radius 2 is 1.81 bits per heavy atom. The van der Waals surface area contributed by atoms with E-state index in [2.05, 4.69) is 14.9 Å². The third-order valence-corrected chi connectivity index (χ3v) is 5.75. The molecule has 1 N–H and O–H groups in total. The van der Waals surface area contributed by atoms with Gasteiger partial charge >= 0.3 is 5.97 Å². The molecule has 0 fully saturated rings. The van der Waals surface area contributed by atoms with Crippen LogP contribution in [0, 0.1) is 0 Å². The summed E-state index contributed by atoms with van der Waals surface area (Å²) in [5, 5.41) is 3.84. The van der Waals surface area contributed by atoms with Crippen LogP contribution in [0.15, 0.2) is 57.9 Å². The normalized spacial score (nSPS) is 12.2. The second-order valence-electron chi connectivity index (χ2n) is 6.37. The van der Waals surface area contributed by atoms with E-state index in [0.29, 0.717) is 22.9 Å².